The molecule has 2 aromatic rings. The maximum Gasteiger partial charge on any atom is 0.326 e. The van der Waals surface area contributed by atoms with Gasteiger partial charge >= 0.3 is 5.97 Å². The molecule has 0 aliphatic rings. The molecule has 5 unspecified atom stereocenters. The Labute approximate surface area is 226 Å². The smallest absolute Gasteiger partial charge is 0.326 e. The zero-order valence-electron chi connectivity index (χ0n) is 21.3. The number of hydrogen-bond acceptors (Lipinski definition) is 7. The highest BCUT2D eigenvalue weighted by Gasteiger charge is 2.32. The minimum Gasteiger partial charge on any atom is -0.480 e. The lowest BCUT2D eigenvalue weighted by molar-refractivity contribution is -0.142. The van der Waals surface area contributed by atoms with Crippen molar-refractivity contribution in [2.45, 2.75) is 57.3 Å². The summed E-state index contributed by atoms with van der Waals surface area (Å²) in [7, 11) is 0. The van der Waals surface area contributed by atoms with E-state index in [1.807, 2.05) is 44.4 Å². The van der Waals surface area contributed by atoms with Gasteiger partial charge in [-0.2, -0.15) is 24.4 Å². The number of nitrogens with two attached hydrogens (primary N) is 1. The summed E-state index contributed by atoms with van der Waals surface area (Å²) in [4.78, 5) is 53.9. The van der Waals surface area contributed by atoms with Crippen LogP contribution in [0.2, 0.25) is 0 Å². The van der Waals surface area contributed by atoms with Crippen LogP contribution in [0.15, 0.2) is 30.5 Å². The van der Waals surface area contributed by atoms with Crippen molar-refractivity contribution in [1.82, 2.24) is 20.9 Å². The summed E-state index contributed by atoms with van der Waals surface area (Å²) in [5.41, 5.74) is 7.38. The molecule has 10 nitrogen and oxygen atoms in total. The molecule has 5 atom stereocenters. The number of fused-ring (bicyclic) bond motifs is 1. The number of thioether (sulfide) groups is 1. The molecular formula is C25H37N5O5S2. The molecule has 12 heteroatoms. The van der Waals surface area contributed by atoms with E-state index in [1.165, 1.54) is 11.8 Å². The summed E-state index contributed by atoms with van der Waals surface area (Å²) in [6.07, 6.45) is 4.56. The van der Waals surface area contributed by atoms with Gasteiger partial charge in [-0.05, 0) is 36.0 Å². The van der Waals surface area contributed by atoms with Gasteiger partial charge in [-0.3, -0.25) is 14.4 Å². The maximum atomic E-state index is 13.2. The second-order valence-corrected chi connectivity index (χ2v) is 10.3. The quantitative estimate of drug-likeness (QED) is 0.164. The molecule has 0 saturated carbocycles. The van der Waals surface area contributed by atoms with Crippen LogP contribution in [-0.2, 0) is 25.6 Å². The average molecular weight is 552 g/mol. The van der Waals surface area contributed by atoms with Crippen LogP contribution >= 0.6 is 24.4 Å². The minimum atomic E-state index is -1.20. The van der Waals surface area contributed by atoms with Gasteiger partial charge in [-0.15, -0.1) is 0 Å². The molecule has 0 fully saturated rings. The molecule has 0 aliphatic carbocycles. The number of carboxylic acids is 1. The van der Waals surface area contributed by atoms with Gasteiger partial charge in [0.1, 0.15) is 18.1 Å². The first-order valence-electron chi connectivity index (χ1n) is 12.2. The molecule has 1 aromatic carbocycles. The first kappa shape index (κ1) is 30.5. The fourth-order valence-corrected chi connectivity index (χ4v) is 4.44. The lowest BCUT2D eigenvalue weighted by Crippen LogP contribution is -2.59. The van der Waals surface area contributed by atoms with Crippen molar-refractivity contribution >= 4 is 59.0 Å². The zero-order valence-corrected chi connectivity index (χ0v) is 23.0. The van der Waals surface area contributed by atoms with Gasteiger partial charge in [0.2, 0.25) is 17.7 Å². The van der Waals surface area contributed by atoms with Gasteiger partial charge in [0.25, 0.3) is 0 Å². The van der Waals surface area contributed by atoms with Crippen LogP contribution < -0.4 is 21.7 Å². The number of amides is 3. The molecular weight excluding hydrogens is 514 g/mol. The van der Waals surface area contributed by atoms with E-state index < -0.39 is 47.9 Å². The van der Waals surface area contributed by atoms with Gasteiger partial charge in [-0.1, -0.05) is 38.5 Å². The fraction of sp³-hybridized carbons (Fsp3) is 0.520. The second kappa shape index (κ2) is 14.9. The summed E-state index contributed by atoms with van der Waals surface area (Å²) in [5.74, 6) is -2.37. The predicted molar refractivity (Wildman–Crippen MR) is 150 cm³/mol. The molecule has 37 heavy (non-hydrogen) atoms. The van der Waals surface area contributed by atoms with Crippen LogP contribution in [0.1, 0.15) is 32.3 Å². The summed E-state index contributed by atoms with van der Waals surface area (Å²) in [5, 5.41) is 18.7. The highest BCUT2D eigenvalue weighted by Crippen LogP contribution is 2.19. The number of thiol groups is 1. The SMILES string of the molecule is CCC(C)C(NC(=O)C(N)CS)C(=O)NC(CCSC)C(=O)NC(Cc1c[nH]c2ccccc12)C(=O)O. The van der Waals surface area contributed by atoms with Crippen LogP contribution in [0.5, 0.6) is 0 Å². The Morgan fingerprint density at radius 3 is 2.38 bits per heavy atom. The van der Waals surface area contributed by atoms with Crippen molar-refractivity contribution in [2.24, 2.45) is 11.7 Å². The Bertz CT molecular complexity index is 1080. The number of carboxylic acid groups (broad SMARTS) is 1. The number of aromatic nitrogens is 1. The Balaban J connectivity index is 2.18. The lowest BCUT2D eigenvalue weighted by Gasteiger charge is -2.27. The molecule has 0 spiro atoms. The number of carbonyl (C=O) groups is 4. The number of H-pyrrole nitrogens is 1. The number of para-hydroxylation sites is 1. The third-order valence-electron chi connectivity index (χ3n) is 6.28. The van der Waals surface area contributed by atoms with Crippen LogP contribution in [0.3, 0.4) is 0 Å². The fourth-order valence-electron chi connectivity index (χ4n) is 3.80. The van der Waals surface area contributed by atoms with Crippen molar-refractivity contribution in [3.63, 3.8) is 0 Å². The Kier molecular flexibility index (Phi) is 12.3. The lowest BCUT2D eigenvalue weighted by atomic mass is 9.97. The van der Waals surface area contributed by atoms with E-state index in [1.54, 1.807) is 6.20 Å². The van der Waals surface area contributed by atoms with E-state index in [0.717, 1.165) is 16.5 Å². The van der Waals surface area contributed by atoms with Crippen molar-refractivity contribution in [3.8, 4) is 0 Å². The summed E-state index contributed by atoms with van der Waals surface area (Å²) in [6.45, 7) is 3.70. The molecule has 7 N–H and O–H groups in total. The third-order valence-corrected chi connectivity index (χ3v) is 7.32. The van der Waals surface area contributed by atoms with Crippen molar-refractivity contribution in [3.05, 3.63) is 36.0 Å². The van der Waals surface area contributed by atoms with Gasteiger partial charge < -0.3 is 31.8 Å². The third kappa shape index (κ3) is 8.68. The van der Waals surface area contributed by atoms with Crippen LogP contribution in [-0.4, -0.2) is 75.7 Å². The van der Waals surface area contributed by atoms with E-state index in [2.05, 4.69) is 33.6 Å². The number of rotatable bonds is 15. The maximum absolute atomic E-state index is 13.2. The van der Waals surface area contributed by atoms with Crippen molar-refractivity contribution < 1.29 is 24.3 Å². The Morgan fingerprint density at radius 1 is 1.08 bits per heavy atom. The van der Waals surface area contributed by atoms with Gasteiger partial charge in [-0.25, -0.2) is 4.79 Å². The van der Waals surface area contributed by atoms with Crippen LogP contribution in [0.25, 0.3) is 10.9 Å². The molecule has 1 aromatic heterocycles. The summed E-state index contributed by atoms with van der Waals surface area (Å²) < 4.78 is 0. The predicted octanol–water partition coefficient (Wildman–Crippen LogP) is 1.31. The number of aromatic amines is 1. The van der Waals surface area contributed by atoms with Gasteiger partial charge in [0.15, 0.2) is 0 Å². The summed E-state index contributed by atoms with van der Waals surface area (Å²) >= 11 is 5.53. The number of carbonyl (C=O) groups excluding carboxylic acids is 3. The molecule has 0 bridgehead atoms. The van der Waals surface area contributed by atoms with E-state index in [4.69, 9.17) is 5.73 Å². The highest BCUT2D eigenvalue weighted by atomic mass is 32.2. The van der Waals surface area contributed by atoms with E-state index >= 15 is 0 Å². The molecule has 3 amide bonds. The van der Waals surface area contributed by atoms with Gasteiger partial charge in [0, 0.05) is 29.3 Å². The molecule has 0 saturated heterocycles. The van der Waals surface area contributed by atoms with Crippen molar-refractivity contribution in [1.29, 1.82) is 0 Å². The average Bonchev–Trinajstić information content (AvgIpc) is 3.30. The molecule has 0 radical (unpaired) electrons. The molecule has 1 heterocycles. The van der Waals surface area contributed by atoms with Crippen molar-refractivity contribution in [2.75, 3.05) is 17.8 Å². The van der Waals surface area contributed by atoms with Crippen LogP contribution in [0, 0.1) is 5.92 Å². The first-order chi connectivity index (χ1) is 17.6. The van der Waals surface area contributed by atoms with E-state index in [0.29, 0.717) is 12.2 Å². The first-order valence-corrected chi connectivity index (χ1v) is 14.2. The highest BCUT2D eigenvalue weighted by molar-refractivity contribution is 7.98. The van der Waals surface area contributed by atoms with Crippen LogP contribution in [0.4, 0.5) is 0 Å². The monoisotopic (exact) mass is 551 g/mol. The number of aliphatic carboxylic acids is 1. The van der Waals surface area contributed by atoms with E-state index in [9.17, 15) is 24.3 Å². The largest absolute Gasteiger partial charge is 0.480 e. The normalized spacial score (nSPS) is 15.3. The molecule has 204 valence electrons. The molecule has 0 aliphatic heterocycles. The second-order valence-electron chi connectivity index (χ2n) is 8.97. The summed E-state index contributed by atoms with van der Waals surface area (Å²) in [6, 6.07) is 3.54. The number of benzene rings is 1. The zero-order chi connectivity index (χ0) is 27.5. The number of hydrogen-bond donors (Lipinski definition) is 7. The number of nitrogens with one attached hydrogen (secondary N) is 4. The standard InChI is InChI=1S/C25H37N5O5S2/c1-4-14(2)21(30-22(31)17(26)13-36)24(33)28-19(9-10-37-3)23(32)29-20(25(34)35)11-15-12-27-18-8-6-5-7-16(15)18/h5-8,12,14,17,19-21,27,36H,4,9-11,13,26H2,1-3H3,(H,28,33)(H,29,32)(H,30,31)(H,34,35). The van der Waals surface area contributed by atoms with Gasteiger partial charge in [0.05, 0.1) is 6.04 Å². The molecule has 2 rings (SSSR count). The van der Waals surface area contributed by atoms with E-state index in [-0.39, 0.29) is 24.5 Å². The minimum absolute atomic E-state index is 0.0709. The Morgan fingerprint density at radius 2 is 1.76 bits per heavy atom. The topological polar surface area (TPSA) is 166 Å². The Hall–Kier alpha value is -2.70.